The molecule has 0 aliphatic heterocycles. The standard InChI is InChI=1S/C31H61NO13/c1-5-6-7-8-29(33)44-28-27-43-26-25-42-24-23-41-22-21-40-20-19-39-18-17-38-16-15-37-14-13-36-12-11-35-10-9-32-30(34)45-31(2,3)4/h5-28H2,1-4H3,(H,32,34). The molecule has 0 bridgehead atoms. The zero-order valence-corrected chi connectivity index (χ0v) is 28.3. The van der Waals surface area contributed by atoms with Gasteiger partial charge in [0.15, 0.2) is 0 Å². The lowest BCUT2D eigenvalue weighted by molar-refractivity contribution is -0.145. The van der Waals surface area contributed by atoms with E-state index in [1.165, 1.54) is 0 Å². The number of carbonyl (C=O) groups excluding carboxylic acids is 2. The fourth-order valence-electron chi connectivity index (χ4n) is 3.21. The van der Waals surface area contributed by atoms with Crippen molar-refractivity contribution in [1.82, 2.24) is 5.32 Å². The number of ether oxygens (including phenoxy) is 11. The molecule has 0 radical (unpaired) electrons. The minimum Gasteiger partial charge on any atom is -0.463 e. The van der Waals surface area contributed by atoms with Gasteiger partial charge in [0, 0.05) is 13.0 Å². The highest BCUT2D eigenvalue weighted by Crippen LogP contribution is 2.06. The molecule has 1 amide bonds. The molecule has 0 saturated heterocycles. The molecule has 0 aromatic heterocycles. The number of unbranched alkanes of at least 4 members (excludes halogenated alkanes) is 2. The van der Waals surface area contributed by atoms with Crippen molar-refractivity contribution in [3.05, 3.63) is 0 Å². The van der Waals surface area contributed by atoms with E-state index in [9.17, 15) is 9.59 Å². The Bertz CT molecular complexity index is 649. The molecule has 1 N–H and O–H groups in total. The van der Waals surface area contributed by atoms with Gasteiger partial charge in [0.1, 0.15) is 12.2 Å². The van der Waals surface area contributed by atoms with Gasteiger partial charge in [-0.05, 0) is 27.2 Å². The molecule has 268 valence electrons. The number of nitrogens with one attached hydrogen (secondary N) is 1. The monoisotopic (exact) mass is 655 g/mol. The predicted molar refractivity (Wildman–Crippen MR) is 167 cm³/mol. The van der Waals surface area contributed by atoms with Crippen molar-refractivity contribution < 1.29 is 61.7 Å². The summed E-state index contributed by atoms with van der Waals surface area (Å²) in [6.45, 7) is 16.6. The van der Waals surface area contributed by atoms with Gasteiger partial charge in [-0.2, -0.15) is 0 Å². The van der Waals surface area contributed by atoms with Crippen LogP contribution >= 0.6 is 0 Å². The molecule has 0 atom stereocenters. The van der Waals surface area contributed by atoms with Crippen LogP contribution in [0.4, 0.5) is 4.79 Å². The maximum atomic E-state index is 11.5. The highest BCUT2D eigenvalue weighted by atomic mass is 16.6. The Kier molecular flexibility index (Phi) is 32.5. The van der Waals surface area contributed by atoms with Crippen molar-refractivity contribution in [2.45, 2.75) is 59.0 Å². The summed E-state index contributed by atoms with van der Waals surface area (Å²) < 4.78 is 59.1. The molecule has 0 heterocycles. The van der Waals surface area contributed by atoms with Crippen LogP contribution in [0.3, 0.4) is 0 Å². The molecule has 0 aromatic rings. The van der Waals surface area contributed by atoms with E-state index >= 15 is 0 Å². The summed E-state index contributed by atoms with van der Waals surface area (Å²) in [5, 5.41) is 2.63. The zero-order valence-electron chi connectivity index (χ0n) is 28.3. The SMILES string of the molecule is CCCCCC(=O)OCCOCCOCCOCCOCCOCCOCCOCCOCCOCCNC(=O)OC(C)(C)C. The van der Waals surface area contributed by atoms with E-state index in [2.05, 4.69) is 12.2 Å². The summed E-state index contributed by atoms with van der Waals surface area (Å²) in [7, 11) is 0. The minimum absolute atomic E-state index is 0.163. The minimum atomic E-state index is -0.513. The summed E-state index contributed by atoms with van der Waals surface area (Å²) in [4.78, 5) is 22.9. The Balaban J connectivity index is 3.13. The van der Waals surface area contributed by atoms with Gasteiger partial charge in [-0.1, -0.05) is 19.8 Å². The second-order valence-corrected chi connectivity index (χ2v) is 10.6. The lowest BCUT2D eigenvalue weighted by atomic mass is 10.2. The Morgan fingerprint density at radius 2 is 0.822 bits per heavy atom. The van der Waals surface area contributed by atoms with Gasteiger partial charge in [-0.25, -0.2) is 4.79 Å². The van der Waals surface area contributed by atoms with Crippen molar-refractivity contribution in [2.24, 2.45) is 0 Å². The Labute approximate surface area is 270 Å². The first kappa shape index (κ1) is 43.4. The fourth-order valence-corrected chi connectivity index (χ4v) is 3.21. The van der Waals surface area contributed by atoms with Crippen molar-refractivity contribution >= 4 is 12.1 Å². The van der Waals surface area contributed by atoms with Crippen LogP contribution in [0.5, 0.6) is 0 Å². The second-order valence-electron chi connectivity index (χ2n) is 10.6. The Morgan fingerprint density at radius 3 is 1.16 bits per heavy atom. The van der Waals surface area contributed by atoms with Crippen molar-refractivity contribution in [3.63, 3.8) is 0 Å². The van der Waals surface area contributed by atoms with Gasteiger partial charge < -0.3 is 57.4 Å². The van der Waals surface area contributed by atoms with Crippen LogP contribution in [-0.2, 0) is 56.9 Å². The first-order chi connectivity index (χ1) is 21.8. The van der Waals surface area contributed by atoms with Gasteiger partial charge in [-0.15, -0.1) is 0 Å². The van der Waals surface area contributed by atoms with Crippen molar-refractivity contribution in [3.8, 4) is 0 Å². The molecular weight excluding hydrogens is 594 g/mol. The van der Waals surface area contributed by atoms with Crippen molar-refractivity contribution in [1.29, 1.82) is 0 Å². The van der Waals surface area contributed by atoms with E-state index in [1.54, 1.807) is 0 Å². The third kappa shape index (κ3) is 38.5. The summed E-state index contributed by atoms with van der Waals surface area (Å²) in [5.41, 5.74) is -0.513. The van der Waals surface area contributed by atoms with Gasteiger partial charge in [0.2, 0.25) is 0 Å². The van der Waals surface area contributed by atoms with E-state index in [0.717, 1.165) is 19.3 Å². The maximum absolute atomic E-state index is 11.5. The Hall–Kier alpha value is -1.62. The maximum Gasteiger partial charge on any atom is 0.407 e. The van der Waals surface area contributed by atoms with Gasteiger partial charge in [-0.3, -0.25) is 4.79 Å². The van der Waals surface area contributed by atoms with E-state index in [-0.39, 0.29) is 12.6 Å². The largest absolute Gasteiger partial charge is 0.463 e. The topological polar surface area (TPSA) is 148 Å². The summed E-state index contributed by atoms with van der Waals surface area (Å²) in [5.74, 6) is -0.163. The zero-order chi connectivity index (χ0) is 33.1. The lowest BCUT2D eigenvalue weighted by Crippen LogP contribution is -2.34. The van der Waals surface area contributed by atoms with Crippen molar-refractivity contribution in [2.75, 3.05) is 132 Å². The third-order valence-corrected chi connectivity index (χ3v) is 5.37. The highest BCUT2D eigenvalue weighted by molar-refractivity contribution is 5.69. The summed E-state index contributed by atoms with van der Waals surface area (Å²) >= 11 is 0. The third-order valence-electron chi connectivity index (χ3n) is 5.37. The number of amides is 1. The molecule has 0 aromatic carbocycles. The van der Waals surface area contributed by atoms with Crippen LogP contribution in [0.1, 0.15) is 53.4 Å². The van der Waals surface area contributed by atoms with E-state index < -0.39 is 11.7 Å². The number of esters is 1. The smallest absolute Gasteiger partial charge is 0.407 e. The average Bonchev–Trinajstić information content (AvgIpc) is 2.99. The van der Waals surface area contributed by atoms with Crippen LogP contribution in [-0.4, -0.2) is 150 Å². The molecule has 0 unspecified atom stereocenters. The molecule has 0 fully saturated rings. The number of hydrogen-bond acceptors (Lipinski definition) is 13. The molecule has 14 nitrogen and oxygen atoms in total. The number of hydrogen-bond donors (Lipinski definition) is 1. The first-order valence-corrected chi connectivity index (χ1v) is 16.2. The van der Waals surface area contributed by atoms with Crippen LogP contribution < -0.4 is 5.32 Å². The molecule has 0 aliphatic rings. The molecule has 45 heavy (non-hydrogen) atoms. The van der Waals surface area contributed by atoms with E-state index in [4.69, 9.17) is 52.1 Å². The molecule has 0 rings (SSSR count). The van der Waals surface area contributed by atoms with E-state index in [0.29, 0.717) is 132 Å². The second kappa shape index (κ2) is 33.7. The molecular formula is C31H61NO13. The number of alkyl carbamates (subject to hydrolysis) is 1. The average molecular weight is 656 g/mol. The predicted octanol–water partition coefficient (Wildman–Crippen LogP) is 2.78. The molecule has 14 heteroatoms. The molecule has 0 aliphatic carbocycles. The Morgan fingerprint density at radius 1 is 0.489 bits per heavy atom. The van der Waals surface area contributed by atoms with Gasteiger partial charge in [0.05, 0.1) is 119 Å². The van der Waals surface area contributed by atoms with Crippen LogP contribution in [0.25, 0.3) is 0 Å². The normalized spacial score (nSPS) is 11.6. The summed E-state index contributed by atoms with van der Waals surface area (Å²) in [6, 6.07) is 0. The molecule has 0 saturated carbocycles. The first-order valence-electron chi connectivity index (χ1n) is 16.2. The van der Waals surface area contributed by atoms with Crippen LogP contribution in [0.2, 0.25) is 0 Å². The summed E-state index contributed by atoms with van der Waals surface area (Å²) in [6.07, 6.45) is 3.03. The number of carbonyl (C=O) groups is 2. The fraction of sp³-hybridized carbons (Fsp3) is 0.935. The van der Waals surface area contributed by atoms with Crippen LogP contribution in [0, 0.1) is 0 Å². The van der Waals surface area contributed by atoms with Gasteiger partial charge in [0.25, 0.3) is 0 Å². The quantitative estimate of drug-likeness (QED) is 0.0801. The number of rotatable bonds is 34. The van der Waals surface area contributed by atoms with Gasteiger partial charge >= 0.3 is 12.1 Å². The highest BCUT2D eigenvalue weighted by Gasteiger charge is 2.15. The van der Waals surface area contributed by atoms with Crippen LogP contribution in [0.15, 0.2) is 0 Å². The molecule has 0 spiro atoms. The lowest BCUT2D eigenvalue weighted by Gasteiger charge is -2.19. The van der Waals surface area contributed by atoms with E-state index in [1.807, 2.05) is 20.8 Å².